The fraction of sp³-hybridized carbons (Fsp3) is 0.176. The van der Waals surface area contributed by atoms with E-state index in [9.17, 15) is 4.79 Å². The number of fused-ring (bicyclic) bond motifs is 1. The molecule has 3 aromatic rings. The number of benzene rings is 1. The summed E-state index contributed by atoms with van der Waals surface area (Å²) in [6.45, 7) is 3.32. The van der Waals surface area contributed by atoms with Crippen LogP contribution >= 0.6 is 11.6 Å². The Morgan fingerprint density at radius 2 is 2.08 bits per heavy atom. The van der Waals surface area contributed by atoms with Gasteiger partial charge in [0.15, 0.2) is 11.9 Å². The highest BCUT2D eigenvalue weighted by atomic mass is 35.5. The van der Waals surface area contributed by atoms with E-state index in [1.807, 2.05) is 24.3 Å². The van der Waals surface area contributed by atoms with Crippen LogP contribution in [0.15, 0.2) is 48.3 Å². The lowest BCUT2D eigenvalue weighted by molar-refractivity contribution is -0.122. The number of aromatic nitrogens is 4. The van der Waals surface area contributed by atoms with Gasteiger partial charge in [-0.15, -0.1) is 0 Å². The van der Waals surface area contributed by atoms with Gasteiger partial charge in [0.25, 0.3) is 0 Å². The van der Waals surface area contributed by atoms with E-state index in [0.29, 0.717) is 16.6 Å². The van der Waals surface area contributed by atoms with Crippen LogP contribution in [0.25, 0.3) is 16.9 Å². The number of ketones is 1. The topological polar surface area (TPSA) is 79.1 Å². The summed E-state index contributed by atoms with van der Waals surface area (Å²) in [7, 11) is 0. The lowest BCUT2D eigenvalue weighted by atomic mass is 10.2. The molecule has 0 bridgehead atoms. The summed E-state index contributed by atoms with van der Waals surface area (Å²) < 4.78 is 12.7. The summed E-state index contributed by atoms with van der Waals surface area (Å²) in [5.41, 5.74) is 1.66. The SMILES string of the molecule is CC1=C(Oc2ncc(Cl)c(-n3cnc4ccccc43)n2)C(=O)C(C)O1. The van der Waals surface area contributed by atoms with Gasteiger partial charge in [-0.1, -0.05) is 23.7 Å². The number of Topliss-reactive ketones (excluding diaryl/α,β-unsaturated/α-hetero) is 1. The van der Waals surface area contributed by atoms with Crippen LogP contribution in [0.3, 0.4) is 0 Å². The second kappa shape index (κ2) is 5.86. The summed E-state index contributed by atoms with van der Waals surface area (Å²) in [6, 6.07) is 7.61. The molecule has 7 nitrogen and oxygen atoms in total. The van der Waals surface area contributed by atoms with E-state index < -0.39 is 6.10 Å². The average Bonchev–Trinajstić information content (AvgIpc) is 3.13. The molecule has 0 aliphatic carbocycles. The van der Waals surface area contributed by atoms with E-state index in [1.54, 1.807) is 24.7 Å². The van der Waals surface area contributed by atoms with Crippen LogP contribution in [0.2, 0.25) is 5.02 Å². The summed E-state index contributed by atoms with van der Waals surface area (Å²) in [4.78, 5) is 24.8. The molecule has 3 heterocycles. The quantitative estimate of drug-likeness (QED) is 0.717. The smallest absolute Gasteiger partial charge is 0.324 e. The molecular weight excluding hydrogens is 344 g/mol. The Hall–Kier alpha value is -2.93. The monoisotopic (exact) mass is 356 g/mol. The number of carbonyl (C=O) groups is 1. The first kappa shape index (κ1) is 15.6. The molecule has 1 aromatic carbocycles. The molecule has 0 N–H and O–H groups in total. The van der Waals surface area contributed by atoms with Gasteiger partial charge in [0.05, 0.1) is 17.2 Å². The number of nitrogens with zero attached hydrogens (tertiary/aromatic N) is 4. The first-order valence-electron chi connectivity index (χ1n) is 7.59. The van der Waals surface area contributed by atoms with Crippen molar-refractivity contribution in [3.05, 3.63) is 53.3 Å². The predicted octanol–water partition coefficient (Wildman–Crippen LogP) is 3.07. The molecule has 8 heteroatoms. The summed E-state index contributed by atoms with van der Waals surface area (Å²) in [6.07, 6.45) is 2.48. The van der Waals surface area contributed by atoms with E-state index in [1.165, 1.54) is 6.20 Å². The van der Waals surface area contributed by atoms with Crippen molar-refractivity contribution < 1.29 is 14.3 Å². The van der Waals surface area contributed by atoms with Crippen LogP contribution in [-0.2, 0) is 9.53 Å². The summed E-state index contributed by atoms with van der Waals surface area (Å²) in [5.74, 6) is 0.686. The van der Waals surface area contributed by atoms with E-state index in [4.69, 9.17) is 21.1 Å². The van der Waals surface area contributed by atoms with Crippen LogP contribution in [0, 0.1) is 0 Å². The van der Waals surface area contributed by atoms with Crippen molar-refractivity contribution in [3.8, 4) is 11.8 Å². The standard InChI is InChI=1S/C17H13ClN4O3/c1-9-14(23)15(10(2)24-9)25-17-19-7-11(18)16(21-17)22-8-20-12-5-3-4-6-13(12)22/h3-9H,1-2H3. The summed E-state index contributed by atoms with van der Waals surface area (Å²) >= 11 is 6.25. The Morgan fingerprint density at radius 3 is 2.84 bits per heavy atom. The highest BCUT2D eigenvalue weighted by molar-refractivity contribution is 6.32. The maximum absolute atomic E-state index is 12.1. The number of hydrogen-bond donors (Lipinski definition) is 0. The lowest BCUT2D eigenvalue weighted by Gasteiger charge is -2.08. The zero-order valence-electron chi connectivity index (χ0n) is 13.4. The number of carbonyl (C=O) groups excluding carboxylic acids is 1. The number of halogens is 1. The molecule has 0 saturated heterocycles. The first-order valence-corrected chi connectivity index (χ1v) is 7.97. The minimum Gasteiger partial charge on any atom is -0.483 e. The number of allylic oxidation sites excluding steroid dienone is 1. The van der Waals surface area contributed by atoms with Gasteiger partial charge in [0, 0.05) is 0 Å². The average molecular weight is 357 g/mol. The zero-order valence-corrected chi connectivity index (χ0v) is 14.2. The van der Waals surface area contributed by atoms with Gasteiger partial charge >= 0.3 is 6.01 Å². The predicted molar refractivity (Wildman–Crippen MR) is 90.6 cm³/mol. The third kappa shape index (κ3) is 2.62. The second-order valence-electron chi connectivity index (χ2n) is 5.54. The second-order valence-corrected chi connectivity index (χ2v) is 5.95. The molecule has 126 valence electrons. The third-order valence-electron chi connectivity index (χ3n) is 3.84. The minimum absolute atomic E-state index is 0.0116. The molecule has 1 unspecified atom stereocenters. The largest absolute Gasteiger partial charge is 0.483 e. The van der Waals surface area contributed by atoms with Crippen molar-refractivity contribution in [2.24, 2.45) is 0 Å². The number of imidazole rings is 1. The molecule has 4 rings (SSSR count). The molecule has 1 aliphatic rings. The molecule has 2 aromatic heterocycles. The number of para-hydroxylation sites is 2. The van der Waals surface area contributed by atoms with Crippen LogP contribution < -0.4 is 4.74 Å². The molecule has 0 saturated carbocycles. The fourth-order valence-electron chi connectivity index (χ4n) is 2.63. The lowest BCUT2D eigenvalue weighted by Crippen LogP contribution is -2.17. The molecule has 0 radical (unpaired) electrons. The van der Waals surface area contributed by atoms with Crippen LogP contribution in [0.1, 0.15) is 13.8 Å². The van der Waals surface area contributed by atoms with Crippen LogP contribution in [0.4, 0.5) is 0 Å². The Bertz CT molecular complexity index is 1030. The first-order chi connectivity index (χ1) is 12.0. The number of hydrogen-bond acceptors (Lipinski definition) is 6. The molecule has 25 heavy (non-hydrogen) atoms. The van der Waals surface area contributed by atoms with Gasteiger partial charge in [-0.3, -0.25) is 9.36 Å². The van der Waals surface area contributed by atoms with Crippen molar-refractivity contribution in [2.75, 3.05) is 0 Å². The van der Waals surface area contributed by atoms with E-state index in [-0.39, 0.29) is 17.6 Å². The number of rotatable bonds is 3. The molecule has 0 amide bonds. The molecule has 1 atom stereocenters. The van der Waals surface area contributed by atoms with Gasteiger partial charge in [-0.2, -0.15) is 4.98 Å². The molecule has 1 aliphatic heterocycles. The Kier molecular flexibility index (Phi) is 3.65. The normalized spacial score (nSPS) is 17.2. The van der Waals surface area contributed by atoms with Crippen LogP contribution in [0.5, 0.6) is 6.01 Å². The maximum Gasteiger partial charge on any atom is 0.324 e. The zero-order chi connectivity index (χ0) is 17.6. The highest BCUT2D eigenvalue weighted by Gasteiger charge is 2.32. The molecule has 0 fully saturated rings. The van der Waals surface area contributed by atoms with Gasteiger partial charge in [0.1, 0.15) is 17.1 Å². The van der Waals surface area contributed by atoms with Crippen molar-refractivity contribution in [2.45, 2.75) is 20.0 Å². The Labute approximate surface area is 147 Å². The van der Waals surface area contributed by atoms with Crippen LogP contribution in [-0.4, -0.2) is 31.4 Å². The van der Waals surface area contributed by atoms with Crippen molar-refractivity contribution in [1.29, 1.82) is 0 Å². The van der Waals surface area contributed by atoms with Gasteiger partial charge in [-0.05, 0) is 26.0 Å². The van der Waals surface area contributed by atoms with E-state index >= 15 is 0 Å². The van der Waals surface area contributed by atoms with Gasteiger partial charge in [0.2, 0.25) is 11.5 Å². The Balaban J connectivity index is 1.75. The van der Waals surface area contributed by atoms with Crippen molar-refractivity contribution in [3.63, 3.8) is 0 Å². The molecule has 0 spiro atoms. The van der Waals surface area contributed by atoms with Gasteiger partial charge < -0.3 is 9.47 Å². The van der Waals surface area contributed by atoms with E-state index in [0.717, 1.165) is 11.0 Å². The fourth-order valence-corrected chi connectivity index (χ4v) is 2.81. The van der Waals surface area contributed by atoms with Crippen molar-refractivity contribution in [1.82, 2.24) is 19.5 Å². The van der Waals surface area contributed by atoms with E-state index in [2.05, 4.69) is 15.0 Å². The summed E-state index contributed by atoms with van der Waals surface area (Å²) in [5, 5.41) is 0.337. The molecular formula is C17H13ClN4O3. The highest BCUT2D eigenvalue weighted by Crippen LogP contribution is 2.27. The maximum atomic E-state index is 12.1. The Morgan fingerprint density at radius 1 is 1.28 bits per heavy atom. The third-order valence-corrected chi connectivity index (χ3v) is 4.11. The minimum atomic E-state index is -0.570. The van der Waals surface area contributed by atoms with Crippen molar-refractivity contribution >= 4 is 28.4 Å². The van der Waals surface area contributed by atoms with Gasteiger partial charge in [-0.25, -0.2) is 9.97 Å². The number of ether oxygens (including phenoxy) is 2.